The molecule has 0 saturated carbocycles. The van der Waals surface area contributed by atoms with Gasteiger partial charge in [0.15, 0.2) is 0 Å². The molecule has 0 aliphatic carbocycles. The molecule has 5 heteroatoms. The van der Waals surface area contributed by atoms with Crippen molar-refractivity contribution in [3.05, 3.63) is 16.6 Å². The summed E-state index contributed by atoms with van der Waals surface area (Å²) in [4.78, 5) is 6.61. The first-order valence-corrected chi connectivity index (χ1v) is 7.72. The normalized spacial score (nSPS) is 13.2. The van der Waals surface area contributed by atoms with Crippen LogP contribution in [0.1, 0.15) is 19.0 Å². The maximum Gasteiger partial charge on any atom is 0.0795 e. The molecule has 0 fully saturated rings. The molecule has 0 amide bonds. The summed E-state index contributed by atoms with van der Waals surface area (Å²) in [6, 6.07) is 0.473. The molecule has 0 aliphatic rings. The van der Waals surface area contributed by atoms with E-state index in [0.717, 1.165) is 25.2 Å². The zero-order valence-corrected chi connectivity index (χ0v) is 11.7. The molecule has 0 spiro atoms. The molecule has 2 N–H and O–H groups in total. The summed E-state index contributed by atoms with van der Waals surface area (Å²) in [7, 11) is 2.13. The molecule has 0 aliphatic heterocycles. The molecule has 1 unspecified atom stereocenters. The minimum Gasteiger partial charge on any atom is -0.329 e. The molecule has 1 aromatic rings. The van der Waals surface area contributed by atoms with Gasteiger partial charge in [0.25, 0.3) is 0 Å². The Balaban J connectivity index is 2.33. The molecular formula is C11H21N3S2. The minimum absolute atomic E-state index is 0.473. The van der Waals surface area contributed by atoms with Crippen molar-refractivity contribution in [3.63, 3.8) is 0 Å². The quantitative estimate of drug-likeness (QED) is 0.726. The Morgan fingerprint density at radius 1 is 1.62 bits per heavy atom. The Bertz CT molecular complexity index is 264. The predicted octanol–water partition coefficient (Wildman–Crippen LogP) is 2.05. The SMILES string of the molecule is CCSCCC(CN)N(C)Cc1cscn1. The fourth-order valence-corrected chi connectivity index (χ4v) is 2.86. The van der Waals surface area contributed by atoms with Crippen LogP contribution < -0.4 is 5.73 Å². The molecule has 1 rings (SSSR count). The maximum absolute atomic E-state index is 5.82. The Hall–Kier alpha value is -0.100. The molecule has 0 radical (unpaired) electrons. The number of rotatable bonds is 8. The van der Waals surface area contributed by atoms with Gasteiger partial charge >= 0.3 is 0 Å². The fraction of sp³-hybridized carbons (Fsp3) is 0.727. The van der Waals surface area contributed by atoms with Crippen molar-refractivity contribution in [2.45, 2.75) is 25.9 Å². The molecule has 1 heterocycles. The van der Waals surface area contributed by atoms with Gasteiger partial charge in [-0.05, 0) is 25.0 Å². The number of nitrogens with two attached hydrogens (primary N) is 1. The standard InChI is InChI=1S/C11H21N3S2/c1-3-15-5-4-11(6-12)14(2)7-10-8-16-9-13-10/h8-9,11H,3-7,12H2,1-2H3. The Morgan fingerprint density at radius 2 is 2.44 bits per heavy atom. The highest BCUT2D eigenvalue weighted by atomic mass is 32.2. The summed E-state index contributed by atoms with van der Waals surface area (Å²) in [6.45, 7) is 3.83. The van der Waals surface area contributed by atoms with Crippen LogP contribution in [0, 0.1) is 0 Å². The van der Waals surface area contributed by atoms with Crippen LogP contribution in [0.5, 0.6) is 0 Å². The van der Waals surface area contributed by atoms with Crippen molar-refractivity contribution in [2.75, 3.05) is 25.1 Å². The summed E-state index contributed by atoms with van der Waals surface area (Å²) in [5, 5.41) is 2.10. The van der Waals surface area contributed by atoms with Crippen LogP contribution in [0.25, 0.3) is 0 Å². The Labute approximate surface area is 106 Å². The van der Waals surface area contributed by atoms with Gasteiger partial charge in [0.2, 0.25) is 0 Å². The largest absolute Gasteiger partial charge is 0.329 e. The lowest BCUT2D eigenvalue weighted by Crippen LogP contribution is -2.38. The van der Waals surface area contributed by atoms with Gasteiger partial charge in [-0.25, -0.2) is 4.98 Å². The van der Waals surface area contributed by atoms with Crippen molar-refractivity contribution in [1.29, 1.82) is 0 Å². The maximum atomic E-state index is 5.82. The zero-order valence-electron chi connectivity index (χ0n) is 10.1. The van der Waals surface area contributed by atoms with E-state index >= 15 is 0 Å². The fourth-order valence-electron chi connectivity index (χ4n) is 1.58. The summed E-state index contributed by atoms with van der Waals surface area (Å²) < 4.78 is 0. The first kappa shape index (κ1) is 14.0. The average Bonchev–Trinajstić information content (AvgIpc) is 2.77. The summed E-state index contributed by atoms with van der Waals surface area (Å²) in [5.74, 6) is 2.38. The highest BCUT2D eigenvalue weighted by Gasteiger charge is 2.13. The van der Waals surface area contributed by atoms with E-state index in [4.69, 9.17) is 5.73 Å². The van der Waals surface area contributed by atoms with Gasteiger partial charge in [-0.3, -0.25) is 4.90 Å². The van der Waals surface area contributed by atoms with E-state index in [9.17, 15) is 0 Å². The monoisotopic (exact) mass is 259 g/mol. The van der Waals surface area contributed by atoms with Crippen LogP contribution in [0.3, 0.4) is 0 Å². The van der Waals surface area contributed by atoms with E-state index < -0.39 is 0 Å². The van der Waals surface area contributed by atoms with Gasteiger partial charge in [0.1, 0.15) is 0 Å². The van der Waals surface area contributed by atoms with Gasteiger partial charge in [0.05, 0.1) is 11.2 Å². The number of hydrogen-bond acceptors (Lipinski definition) is 5. The highest BCUT2D eigenvalue weighted by Crippen LogP contribution is 2.11. The Morgan fingerprint density at radius 3 is 3.00 bits per heavy atom. The van der Waals surface area contributed by atoms with E-state index in [2.05, 4.69) is 29.2 Å². The van der Waals surface area contributed by atoms with Gasteiger partial charge < -0.3 is 5.73 Å². The molecule has 1 aromatic heterocycles. The average molecular weight is 259 g/mol. The van der Waals surface area contributed by atoms with Gasteiger partial charge in [-0.2, -0.15) is 11.8 Å². The highest BCUT2D eigenvalue weighted by molar-refractivity contribution is 7.99. The van der Waals surface area contributed by atoms with Gasteiger partial charge in [0, 0.05) is 24.5 Å². The third-order valence-electron chi connectivity index (χ3n) is 2.59. The second kappa shape index (κ2) is 8.06. The molecule has 0 aromatic carbocycles. The zero-order chi connectivity index (χ0) is 11.8. The number of nitrogens with zero attached hydrogens (tertiary/aromatic N) is 2. The number of likely N-dealkylation sites (N-methyl/N-ethyl adjacent to an activating group) is 1. The molecule has 16 heavy (non-hydrogen) atoms. The van der Waals surface area contributed by atoms with Crippen molar-refractivity contribution < 1.29 is 0 Å². The third kappa shape index (κ3) is 4.82. The minimum atomic E-state index is 0.473. The molecule has 3 nitrogen and oxygen atoms in total. The molecule has 1 atom stereocenters. The third-order valence-corrected chi connectivity index (χ3v) is 4.16. The van der Waals surface area contributed by atoms with Crippen molar-refractivity contribution in [2.24, 2.45) is 5.73 Å². The number of aromatic nitrogens is 1. The van der Waals surface area contributed by atoms with Crippen LogP contribution in [-0.2, 0) is 6.54 Å². The van der Waals surface area contributed by atoms with E-state index in [1.807, 2.05) is 17.3 Å². The van der Waals surface area contributed by atoms with Crippen LogP contribution in [0.4, 0.5) is 0 Å². The molecule has 92 valence electrons. The van der Waals surface area contributed by atoms with Crippen LogP contribution in [-0.4, -0.2) is 41.0 Å². The van der Waals surface area contributed by atoms with Crippen molar-refractivity contribution in [1.82, 2.24) is 9.88 Å². The number of hydrogen-bond donors (Lipinski definition) is 1. The Kier molecular flexibility index (Phi) is 7.03. The second-order valence-corrected chi connectivity index (χ2v) is 5.88. The van der Waals surface area contributed by atoms with E-state index in [1.165, 1.54) is 11.5 Å². The second-order valence-electron chi connectivity index (χ2n) is 3.77. The predicted molar refractivity (Wildman–Crippen MR) is 74.0 cm³/mol. The van der Waals surface area contributed by atoms with Crippen molar-refractivity contribution >= 4 is 23.1 Å². The first-order valence-electron chi connectivity index (χ1n) is 5.63. The van der Waals surface area contributed by atoms with Gasteiger partial charge in [-0.1, -0.05) is 6.92 Å². The van der Waals surface area contributed by atoms with E-state index in [1.54, 1.807) is 11.3 Å². The lowest BCUT2D eigenvalue weighted by Gasteiger charge is -2.26. The molecular weight excluding hydrogens is 238 g/mol. The van der Waals surface area contributed by atoms with E-state index in [0.29, 0.717) is 6.04 Å². The van der Waals surface area contributed by atoms with Crippen LogP contribution in [0.2, 0.25) is 0 Å². The topological polar surface area (TPSA) is 42.1 Å². The van der Waals surface area contributed by atoms with Crippen LogP contribution in [0.15, 0.2) is 10.9 Å². The van der Waals surface area contributed by atoms with E-state index in [-0.39, 0.29) is 0 Å². The lowest BCUT2D eigenvalue weighted by molar-refractivity contribution is 0.232. The lowest BCUT2D eigenvalue weighted by atomic mass is 10.2. The van der Waals surface area contributed by atoms with Crippen LogP contribution >= 0.6 is 23.1 Å². The number of thiazole rings is 1. The molecule has 0 bridgehead atoms. The molecule has 0 saturated heterocycles. The number of thioether (sulfide) groups is 1. The summed E-state index contributed by atoms with van der Waals surface area (Å²) in [6.07, 6.45) is 1.16. The summed E-state index contributed by atoms with van der Waals surface area (Å²) >= 11 is 3.63. The van der Waals surface area contributed by atoms with Crippen molar-refractivity contribution in [3.8, 4) is 0 Å². The smallest absolute Gasteiger partial charge is 0.0795 e. The first-order chi connectivity index (χ1) is 7.77. The van der Waals surface area contributed by atoms with Gasteiger partial charge in [-0.15, -0.1) is 11.3 Å². The summed E-state index contributed by atoms with van der Waals surface area (Å²) in [5.41, 5.74) is 8.85.